The first kappa shape index (κ1) is 25.1. The number of carbonyl (C=O) groups excluding carboxylic acids is 1. The number of aromatic nitrogens is 4. The summed E-state index contributed by atoms with van der Waals surface area (Å²) in [5.74, 6) is 1.14. The Labute approximate surface area is 221 Å². The van der Waals surface area contributed by atoms with Gasteiger partial charge in [-0.1, -0.05) is 18.2 Å². The largest absolute Gasteiger partial charge is 0.484 e. The first-order chi connectivity index (χ1) is 18.7. The number of carbonyl (C=O) groups is 1. The van der Waals surface area contributed by atoms with E-state index in [0.717, 1.165) is 29.0 Å². The zero-order chi connectivity index (χ0) is 27.2. The molecule has 0 saturated carbocycles. The summed E-state index contributed by atoms with van der Waals surface area (Å²) in [6.45, 7) is 3.06. The van der Waals surface area contributed by atoms with Crippen LogP contribution in [0.1, 0.15) is 30.5 Å². The van der Waals surface area contributed by atoms with Gasteiger partial charge in [-0.05, 0) is 53.9 Å². The van der Waals surface area contributed by atoms with Crippen LogP contribution < -0.4 is 10.1 Å². The summed E-state index contributed by atoms with van der Waals surface area (Å²) in [6.07, 6.45) is -1.93. The van der Waals surface area contributed by atoms with Crippen molar-refractivity contribution in [1.29, 1.82) is 0 Å². The second-order valence-corrected chi connectivity index (χ2v) is 9.81. The van der Waals surface area contributed by atoms with E-state index in [4.69, 9.17) is 9.47 Å². The number of H-pyrrole nitrogens is 1. The lowest BCUT2D eigenvalue weighted by Crippen LogP contribution is -2.43. The number of ether oxygens (including phenoxy) is 2. The molecule has 0 aliphatic carbocycles. The van der Waals surface area contributed by atoms with Gasteiger partial charge in [0.1, 0.15) is 17.0 Å². The van der Waals surface area contributed by atoms with Gasteiger partial charge in [-0.2, -0.15) is 13.2 Å². The minimum atomic E-state index is -4.56. The molecule has 2 N–H and O–H groups in total. The maximum Gasteiger partial charge on any atom is 0.433 e. The fraction of sp³-hybridized carbons (Fsp3) is 0.286. The third-order valence-electron chi connectivity index (χ3n) is 7.10. The molecule has 2 aromatic heterocycles. The summed E-state index contributed by atoms with van der Waals surface area (Å²) in [7, 11) is 0. The van der Waals surface area contributed by atoms with Gasteiger partial charge in [0.05, 0.1) is 25.3 Å². The van der Waals surface area contributed by atoms with E-state index < -0.39 is 17.5 Å². The van der Waals surface area contributed by atoms with E-state index in [1.165, 1.54) is 6.07 Å². The Balaban J connectivity index is 1.33. The number of aryl methyl sites for hydroxylation is 1. The maximum absolute atomic E-state index is 13.1. The molecule has 1 spiro atoms. The highest BCUT2D eigenvalue weighted by molar-refractivity contribution is 5.94. The molecule has 6 rings (SSSR count). The number of hydrogen-bond acceptors (Lipinski definition) is 6. The minimum absolute atomic E-state index is 0.0840. The Hall–Kier alpha value is -4.25. The molecule has 4 heterocycles. The van der Waals surface area contributed by atoms with Crippen molar-refractivity contribution in [2.45, 2.75) is 38.0 Å². The zero-order valence-electron chi connectivity index (χ0n) is 20.9. The topological polar surface area (TPSA) is 102 Å². The number of anilines is 1. The number of nitrogens with zero attached hydrogens (tertiary/aromatic N) is 3. The lowest BCUT2D eigenvalue weighted by molar-refractivity contribution is -0.141. The van der Waals surface area contributed by atoms with Crippen LogP contribution in [0.5, 0.6) is 5.75 Å². The van der Waals surface area contributed by atoms with Crippen LogP contribution in [0.3, 0.4) is 0 Å². The van der Waals surface area contributed by atoms with Gasteiger partial charge in [0.2, 0.25) is 5.91 Å². The Kier molecular flexibility index (Phi) is 6.10. The fourth-order valence-corrected chi connectivity index (χ4v) is 4.99. The molecule has 200 valence electrons. The minimum Gasteiger partial charge on any atom is -0.484 e. The van der Waals surface area contributed by atoms with Crippen molar-refractivity contribution >= 4 is 11.6 Å². The van der Waals surface area contributed by atoms with Gasteiger partial charge in [0.15, 0.2) is 11.6 Å². The average Bonchev–Trinajstić information content (AvgIpc) is 3.36. The second kappa shape index (κ2) is 9.49. The lowest BCUT2D eigenvalue weighted by atomic mass is 9.90. The molecule has 39 heavy (non-hydrogen) atoms. The second-order valence-electron chi connectivity index (χ2n) is 9.81. The molecular formula is C28H24F3N5O3. The summed E-state index contributed by atoms with van der Waals surface area (Å²) in [5.41, 5.74) is 2.77. The van der Waals surface area contributed by atoms with Crippen molar-refractivity contribution in [2.24, 2.45) is 0 Å². The molecule has 2 aliphatic rings. The van der Waals surface area contributed by atoms with Gasteiger partial charge in [0, 0.05) is 30.2 Å². The summed E-state index contributed by atoms with van der Waals surface area (Å²) < 4.78 is 51.3. The van der Waals surface area contributed by atoms with Crippen molar-refractivity contribution in [3.05, 3.63) is 66.0 Å². The molecular weight excluding hydrogens is 511 g/mol. The van der Waals surface area contributed by atoms with Crippen LogP contribution in [0.25, 0.3) is 33.9 Å². The monoisotopic (exact) mass is 535 g/mol. The molecule has 0 bridgehead atoms. The summed E-state index contributed by atoms with van der Waals surface area (Å²) in [4.78, 5) is 19.0. The molecule has 11 heteroatoms. The number of rotatable bonds is 3. The number of alkyl halides is 3. The highest BCUT2D eigenvalue weighted by Crippen LogP contribution is 2.41. The van der Waals surface area contributed by atoms with Gasteiger partial charge >= 0.3 is 6.18 Å². The predicted molar refractivity (Wildman–Crippen MR) is 137 cm³/mol. The number of nitrogens with one attached hydrogen (secondary N) is 2. The predicted octanol–water partition coefficient (Wildman–Crippen LogP) is 5.80. The Morgan fingerprint density at radius 1 is 0.923 bits per heavy atom. The summed E-state index contributed by atoms with van der Waals surface area (Å²) >= 11 is 0. The molecule has 2 aromatic carbocycles. The van der Waals surface area contributed by atoms with Gasteiger partial charge < -0.3 is 19.8 Å². The molecule has 1 saturated heterocycles. The number of amides is 1. The maximum atomic E-state index is 13.1. The molecule has 2 aliphatic heterocycles. The zero-order valence-corrected chi connectivity index (χ0v) is 20.9. The third kappa shape index (κ3) is 4.97. The van der Waals surface area contributed by atoms with Crippen LogP contribution in [0, 0.1) is 6.92 Å². The Bertz CT molecular complexity index is 1560. The molecule has 8 nitrogen and oxygen atoms in total. The van der Waals surface area contributed by atoms with E-state index in [-0.39, 0.29) is 23.7 Å². The van der Waals surface area contributed by atoms with E-state index in [9.17, 15) is 18.0 Å². The van der Waals surface area contributed by atoms with Crippen molar-refractivity contribution in [3.8, 4) is 39.7 Å². The van der Waals surface area contributed by atoms with Gasteiger partial charge in [-0.3, -0.25) is 9.78 Å². The van der Waals surface area contributed by atoms with E-state index in [1.54, 1.807) is 0 Å². The molecule has 0 atom stereocenters. The third-order valence-corrected chi connectivity index (χ3v) is 7.10. The van der Waals surface area contributed by atoms with Crippen LogP contribution in [0.4, 0.5) is 18.9 Å². The van der Waals surface area contributed by atoms with Crippen molar-refractivity contribution < 1.29 is 27.4 Å². The molecule has 0 radical (unpaired) electrons. The fourth-order valence-electron chi connectivity index (χ4n) is 4.99. The summed E-state index contributed by atoms with van der Waals surface area (Å²) in [5, 5.41) is 11.2. The molecule has 4 aromatic rings. The van der Waals surface area contributed by atoms with E-state index in [2.05, 4.69) is 25.5 Å². The van der Waals surface area contributed by atoms with Crippen molar-refractivity contribution in [1.82, 2.24) is 20.2 Å². The normalized spacial score (nSPS) is 16.8. The number of aromatic amines is 1. The van der Waals surface area contributed by atoms with Crippen LogP contribution in [0.2, 0.25) is 0 Å². The van der Waals surface area contributed by atoms with Crippen LogP contribution in [-0.2, 0) is 15.7 Å². The quantitative estimate of drug-likeness (QED) is 0.344. The van der Waals surface area contributed by atoms with Crippen molar-refractivity contribution in [2.75, 3.05) is 18.5 Å². The molecule has 0 unspecified atom stereocenters. The number of fused-ring (bicyclic) bond motifs is 1. The number of halogens is 3. The summed E-state index contributed by atoms with van der Waals surface area (Å²) in [6, 6.07) is 13.8. The first-order valence-corrected chi connectivity index (χ1v) is 12.5. The van der Waals surface area contributed by atoms with E-state index in [0.29, 0.717) is 48.9 Å². The SMILES string of the molecule is Cc1ccc(-c2nnc(-c3ccnc(C(F)(F)F)c3)[nH]2)cc1-c1ccc2c(c1)OC1(CCOCC1)CC(=O)N2. The first-order valence-electron chi connectivity index (χ1n) is 12.5. The standard InChI is InChI=1S/C28H24F3N5O3/c1-16-2-3-18(25-34-26(36-35-25)19-6-9-32-23(14-19)28(29,30)31)12-20(16)17-4-5-21-22(13-17)39-27(15-24(37)33-21)7-10-38-11-8-27/h2-6,9,12-14H,7-8,10-11,15H2,1H3,(H,33,37)(H,34,35,36). The van der Waals surface area contributed by atoms with Gasteiger partial charge in [0.25, 0.3) is 0 Å². The van der Waals surface area contributed by atoms with E-state index in [1.807, 2.05) is 43.3 Å². The van der Waals surface area contributed by atoms with Crippen LogP contribution in [0.15, 0.2) is 54.7 Å². The Morgan fingerprint density at radius 3 is 2.38 bits per heavy atom. The van der Waals surface area contributed by atoms with Gasteiger partial charge in [-0.15, -0.1) is 10.2 Å². The number of benzene rings is 2. The van der Waals surface area contributed by atoms with E-state index >= 15 is 0 Å². The Morgan fingerprint density at radius 2 is 1.64 bits per heavy atom. The van der Waals surface area contributed by atoms with Gasteiger partial charge in [-0.25, -0.2) is 0 Å². The molecule has 1 amide bonds. The highest BCUT2D eigenvalue weighted by Gasteiger charge is 2.40. The van der Waals surface area contributed by atoms with Crippen molar-refractivity contribution in [3.63, 3.8) is 0 Å². The van der Waals surface area contributed by atoms with Crippen LogP contribution in [-0.4, -0.2) is 44.9 Å². The average molecular weight is 536 g/mol. The smallest absolute Gasteiger partial charge is 0.433 e. The van der Waals surface area contributed by atoms with Crippen LogP contribution >= 0.6 is 0 Å². The highest BCUT2D eigenvalue weighted by atomic mass is 19.4. The number of pyridine rings is 1. The number of hydrogen-bond donors (Lipinski definition) is 2. The lowest BCUT2D eigenvalue weighted by Gasteiger charge is -2.35. The molecule has 1 fully saturated rings.